The molecular weight excluding hydrogens is 282 g/mol. The van der Waals surface area contributed by atoms with E-state index in [2.05, 4.69) is 19.9 Å². The van der Waals surface area contributed by atoms with Crippen LogP contribution in [-0.4, -0.2) is 32.0 Å². The Hall–Kier alpha value is -1.54. The first-order valence-electron chi connectivity index (χ1n) is 6.01. The van der Waals surface area contributed by atoms with Crippen molar-refractivity contribution in [3.63, 3.8) is 0 Å². The summed E-state index contributed by atoms with van der Waals surface area (Å²) < 4.78 is 3.73. The van der Waals surface area contributed by atoms with E-state index >= 15 is 0 Å². The molecule has 1 saturated heterocycles. The van der Waals surface area contributed by atoms with Gasteiger partial charge in [-0.15, -0.1) is 16.4 Å². The lowest BCUT2D eigenvalue weighted by Crippen LogP contribution is -2.34. The first-order valence-corrected chi connectivity index (χ1v) is 7.66. The first kappa shape index (κ1) is 12.5. The van der Waals surface area contributed by atoms with Crippen LogP contribution in [-0.2, 0) is 0 Å². The van der Waals surface area contributed by atoms with E-state index in [1.807, 2.05) is 17.2 Å². The molecule has 8 heteroatoms. The predicted octanol–water partition coefficient (Wildman–Crippen LogP) is 2.67. The van der Waals surface area contributed by atoms with Gasteiger partial charge in [0.2, 0.25) is 0 Å². The fourth-order valence-electron chi connectivity index (χ4n) is 2.25. The Morgan fingerprint density at radius 3 is 3.16 bits per heavy atom. The number of rotatable bonds is 2. The number of aryl methyl sites for hydroxylation is 1. The molecule has 3 heterocycles. The number of amides is 2. The van der Waals surface area contributed by atoms with Crippen molar-refractivity contribution in [3.8, 4) is 0 Å². The highest BCUT2D eigenvalue weighted by molar-refractivity contribution is 7.10. The number of thiazole rings is 1. The molecule has 100 valence electrons. The lowest BCUT2D eigenvalue weighted by Gasteiger charge is -2.23. The third-order valence-electron chi connectivity index (χ3n) is 3.08. The van der Waals surface area contributed by atoms with Crippen molar-refractivity contribution in [1.82, 2.24) is 19.5 Å². The van der Waals surface area contributed by atoms with Gasteiger partial charge in [-0.05, 0) is 19.8 Å². The lowest BCUT2D eigenvalue weighted by atomic mass is 10.2. The van der Waals surface area contributed by atoms with Crippen LogP contribution in [0.2, 0.25) is 0 Å². The van der Waals surface area contributed by atoms with Gasteiger partial charge in [0.25, 0.3) is 0 Å². The first-order chi connectivity index (χ1) is 9.24. The van der Waals surface area contributed by atoms with Crippen molar-refractivity contribution < 1.29 is 4.79 Å². The molecule has 1 unspecified atom stereocenters. The maximum Gasteiger partial charge on any atom is 0.323 e. The molecule has 2 aromatic heterocycles. The van der Waals surface area contributed by atoms with Crippen molar-refractivity contribution in [2.75, 3.05) is 11.9 Å². The average Bonchev–Trinajstić information content (AvgIpc) is 3.07. The number of hydrogen-bond acceptors (Lipinski definition) is 6. The molecule has 0 radical (unpaired) electrons. The number of nitrogens with one attached hydrogen (secondary N) is 1. The second-order valence-electron chi connectivity index (χ2n) is 4.35. The summed E-state index contributed by atoms with van der Waals surface area (Å²) >= 11 is 2.80. The van der Waals surface area contributed by atoms with Gasteiger partial charge in [0.1, 0.15) is 5.00 Å². The normalized spacial score (nSPS) is 18.8. The van der Waals surface area contributed by atoms with Crippen molar-refractivity contribution in [2.24, 2.45) is 0 Å². The number of aromatic nitrogens is 3. The Morgan fingerprint density at radius 2 is 2.47 bits per heavy atom. The van der Waals surface area contributed by atoms with Crippen LogP contribution < -0.4 is 5.32 Å². The maximum absolute atomic E-state index is 12.2. The molecule has 0 saturated carbocycles. The second kappa shape index (κ2) is 5.22. The summed E-state index contributed by atoms with van der Waals surface area (Å²) in [5.74, 6) is 0. The van der Waals surface area contributed by atoms with E-state index in [1.54, 1.807) is 17.5 Å². The predicted molar refractivity (Wildman–Crippen MR) is 74.5 cm³/mol. The largest absolute Gasteiger partial charge is 0.323 e. The van der Waals surface area contributed by atoms with Crippen LogP contribution >= 0.6 is 22.9 Å². The van der Waals surface area contributed by atoms with E-state index in [-0.39, 0.29) is 12.1 Å². The molecule has 0 bridgehead atoms. The van der Waals surface area contributed by atoms with Crippen LogP contribution in [0.15, 0.2) is 11.6 Å². The van der Waals surface area contributed by atoms with Crippen LogP contribution in [0.4, 0.5) is 9.80 Å². The van der Waals surface area contributed by atoms with Gasteiger partial charge in [-0.1, -0.05) is 4.49 Å². The molecule has 1 aliphatic heterocycles. The molecule has 19 heavy (non-hydrogen) atoms. The number of urea groups is 1. The molecule has 1 atom stereocenters. The number of carbonyl (C=O) groups excluding carboxylic acids is 1. The Balaban J connectivity index is 1.74. The zero-order valence-corrected chi connectivity index (χ0v) is 12.0. The Morgan fingerprint density at radius 1 is 1.58 bits per heavy atom. The SMILES string of the molecule is Cc1nc(C2CCCN2C(=O)Nc2cnns2)cs1. The van der Waals surface area contributed by atoms with Crippen molar-refractivity contribution in [2.45, 2.75) is 25.8 Å². The number of likely N-dealkylation sites (tertiary alicyclic amines) is 1. The minimum Gasteiger partial charge on any atom is -0.316 e. The smallest absolute Gasteiger partial charge is 0.316 e. The van der Waals surface area contributed by atoms with E-state index in [0.717, 1.165) is 30.1 Å². The summed E-state index contributed by atoms with van der Waals surface area (Å²) in [6, 6.07) is -0.00923. The second-order valence-corrected chi connectivity index (χ2v) is 6.20. The van der Waals surface area contributed by atoms with Crippen LogP contribution in [0.5, 0.6) is 0 Å². The van der Waals surface area contributed by atoms with Gasteiger partial charge in [0.05, 0.1) is 22.9 Å². The summed E-state index contributed by atoms with van der Waals surface area (Å²) in [4.78, 5) is 18.6. The van der Waals surface area contributed by atoms with E-state index in [0.29, 0.717) is 5.00 Å². The molecule has 0 aliphatic carbocycles. The van der Waals surface area contributed by atoms with Gasteiger partial charge in [0, 0.05) is 23.5 Å². The molecule has 1 N–H and O–H groups in total. The minimum absolute atomic E-state index is 0.0887. The number of anilines is 1. The van der Waals surface area contributed by atoms with Gasteiger partial charge in [-0.2, -0.15) is 0 Å². The third-order valence-corrected chi connectivity index (χ3v) is 4.46. The summed E-state index contributed by atoms with van der Waals surface area (Å²) in [6.07, 6.45) is 3.54. The molecule has 1 aliphatic rings. The fourth-order valence-corrected chi connectivity index (χ4v) is 3.32. The standard InChI is InChI=1S/C11H13N5OS2/c1-7-13-8(6-18-7)9-3-2-4-16(9)11(17)14-10-5-12-15-19-10/h5-6,9H,2-4H2,1H3,(H,14,17). The third kappa shape index (κ3) is 2.59. The Labute approximate surface area is 118 Å². The van der Waals surface area contributed by atoms with Crippen LogP contribution in [0.1, 0.15) is 29.6 Å². The quantitative estimate of drug-likeness (QED) is 0.924. The topological polar surface area (TPSA) is 71.0 Å². The maximum atomic E-state index is 12.2. The zero-order valence-electron chi connectivity index (χ0n) is 10.4. The van der Waals surface area contributed by atoms with Gasteiger partial charge in [0.15, 0.2) is 0 Å². The summed E-state index contributed by atoms with van der Waals surface area (Å²) in [5.41, 5.74) is 0.998. The minimum atomic E-state index is -0.0980. The van der Waals surface area contributed by atoms with Gasteiger partial charge in [-0.25, -0.2) is 9.78 Å². The highest BCUT2D eigenvalue weighted by Crippen LogP contribution is 2.32. The number of nitrogens with zero attached hydrogens (tertiary/aromatic N) is 4. The summed E-state index contributed by atoms with van der Waals surface area (Å²) in [5, 5.41) is 10.3. The van der Waals surface area contributed by atoms with E-state index in [1.165, 1.54) is 11.5 Å². The molecular formula is C11H13N5OS2. The molecule has 2 amide bonds. The Kier molecular flexibility index (Phi) is 3.43. The van der Waals surface area contributed by atoms with Gasteiger partial charge < -0.3 is 4.90 Å². The van der Waals surface area contributed by atoms with Gasteiger partial charge in [-0.3, -0.25) is 5.32 Å². The molecule has 3 rings (SSSR count). The van der Waals surface area contributed by atoms with Crippen LogP contribution in [0, 0.1) is 6.92 Å². The highest BCUT2D eigenvalue weighted by Gasteiger charge is 2.31. The monoisotopic (exact) mass is 295 g/mol. The fraction of sp³-hybridized carbons (Fsp3) is 0.455. The van der Waals surface area contributed by atoms with Crippen molar-refractivity contribution in [1.29, 1.82) is 0 Å². The van der Waals surface area contributed by atoms with E-state index in [4.69, 9.17) is 0 Å². The highest BCUT2D eigenvalue weighted by atomic mass is 32.1. The summed E-state index contributed by atoms with van der Waals surface area (Å²) in [7, 11) is 0. The molecule has 0 spiro atoms. The molecule has 6 nitrogen and oxygen atoms in total. The Bertz CT molecular complexity index is 567. The van der Waals surface area contributed by atoms with Crippen molar-refractivity contribution >= 4 is 33.9 Å². The van der Waals surface area contributed by atoms with Crippen LogP contribution in [0.25, 0.3) is 0 Å². The van der Waals surface area contributed by atoms with E-state index in [9.17, 15) is 4.79 Å². The number of hydrogen-bond donors (Lipinski definition) is 1. The molecule has 1 fully saturated rings. The molecule has 2 aromatic rings. The number of carbonyl (C=O) groups is 1. The van der Waals surface area contributed by atoms with E-state index < -0.39 is 0 Å². The average molecular weight is 295 g/mol. The zero-order chi connectivity index (χ0) is 13.2. The van der Waals surface area contributed by atoms with Gasteiger partial charge >= 0.3 is 6.03 Å². The van der Waals surface area contributed by atoms with Crippen LogP contribution in [0.3, 0.4) is 0 Å². The van der Waals surface area contributed by atoms with Crippen molar-refractivity contribution in [3.05, 3.63) is 22.3 Å². The lowest BCUT2D eigenvalue weighted by molar-refractivity contribution is 0.206. The summed E-state index contributed by atoms with van der Waals surface area (Å²) in [6.45, 7) is 2.75. The molecule has 0 aromatic carbocycles.